The van der Waals surface area contributed by atoms with E-state index in [9.17, 15) is 4.79 Å². The van der Waals surface area contributed by atoms with Gasteiger partial charge in [0.25, 0.3) is 0 Å². The van der Waals surface area contributed by atoms with E-state index in [4.69, 9.17) is 4.74 Å². The van der Waals surface area contributed by atoms with E-state index in [-0.39, 0.29) is 6.03 Å². The van der Waals surface area contributed by atoms with Gasteiger partial charge in [0, 0.05) is 29.8 Å². The van der Waals surface area contributed by atoms with Gasteiger partial charge in [-0.1, -0.05) is 12.1 Å². The molecule has 0 aliphatic rings. The molecule has 1 heterocycles. The topological polar surface area (TPSA) is 68.2 Å². The number of para-hydroxylation sites is 1. The van der Waals surface area contributed by atoms with Crippen molar-refractivity contribution in [3.05, 3.63) is 41.2 Å². The first-order chi connectivity index (χ1) is 11.6. The Balaban J connectivity index is 1.98. The summed E-state index contributed by atoms with van der Waals surface area (Å²) in [6.45, 7) is 5.72. The number of aryl methyl sites for hydroxylation is 1. The van der Waals surface area contributed by atoms with E-state index >= 15 is 0 Å². The van der Waals surface area contributed by atoms with Gasteiger partial charge in [0.15, 0.2) is 0 Å². The van der Waals surface area contributed by atoms with Crippen molar-refractivity contribution in [1.82, 2.24) is 15.1 Å². The minimum absolute atomic E-state index is 0.222. The van der Waals surface area contributed by atoms with Crippen LogP contribution in [0.5, 0.6) is 0 Å². The molecule has 1 aromatic carbocycles. The molecule has 0 unspecified atom stereocenters. The van der Waals surface area contributed by atoms with Gasteiger partial charge in [-0.25, -0.2) is 4.79 Å². The number of nitrogens with zero attached hydrogens (tertiary/aromatic N) is 2. The normalized spacial score (nSPS) is 10.7. The first-order valence-electron chi connectivity index (χ1n) is 7.76. The van der Waals surface area contributed by atoms with Crippen LogP contribution < -0.4 is 10.6 Å². The number of carbonyl (C=O) groups is 1. The zero-order valence-electron chi connectivity index (χ0n) is 14.5. The Kier molecular flexibility index (Phi) is 6.69. The Hall–Kier alpha value is -1.99. The Morgan fingerprint density at radius 1 is 1.33 bits per heavy atom. The van der Waals surface area contributed by atoms with Crippen LogP contribution in [0.25, 0.3) is 0 Å². The van der Waals surface area contributed by atoms with Crippen molar-refractivity contribution in [3.63, 3.8) is 0 Å². The summed E-state index contributed by atoms with van der Waals surface area (Å²) in [5.74, 6) is 0. The lowest BCUT2D eigenvalue weighted by Gasteiger charge is -2.11. The molecule has 24 heavy (non-hydrogen) atoms. The van der Waals surface area contributed by atoms with E-state index in [1.54, 1.807) is 18.9 Å². The van der Waals surface area contributed by atoms with Gasteiger partial charge in [-0.15, -0.1) is 11.8 Å². The van der Waals surface area contributed by atoms with Gasteiger partial charge in [-0.05, 0) is 32.2 Å². The van der Waals surface area contributed by atoms with Crippen LogP contribution in [0.4, 0.5) is 10.5 Å². The van der Waals surface area contributed by atoms with Crippen LogP contribution in [-0.2, 0) is 17.8 Å². The highest BCUT2D eigenvalue weighted by Crippen LogP contribution is 2.24. The molecule has 0 spiro atoms. The van der Waals surface area contributed by atoms with Gasteiger partial charge < -0.3 is 15.4 Å². The minimum atomic E-state index is -0.222. The lowest BCUT2D eigenvalue weighted by molar-refractivity contribution is 0.182. The van der Waals surface area contributed by atoms with Crippen molar-refractivity contribution in [1.29, 1.82) is 0 Å². The van der Waals surface area contributed by atoms with Gasteiger partial charge in [-0.3, -0.25) is 4.68 Å². The number of rotatable bonds is 7. The summed E-state index contributed by atoms with van der Waals surface area (Å²) < 4.78 is 7.01. The molecule has 130 valence electrons. The Bertz CT molecular complexity index is 700. The van der Waals surface area contributed by atoms with Crippen LogP contribution in [0.15, 0.2) is 29.2 Å². The molecule has 0 atom stereocenters. The Morgan fingerprint density at radius 2 is 2.08 bits per heavy atom. The van der Waals surface area contributed by atoms with E-state index in [0.717, 1.165) is 27.5 Å². The van der Waals surface area contributed by atoms with Crippen molar-refractivity contribution < 1.29 is 9.53 Å². The van der Waals surface area contributed by atoms with Crippen LogP contribution in [0, 0.1) is 13.8 Å². The number of benzene rings is 1. The molecular formula is C17H24N4O2S. The lowest BCUT2D eigenvalue weighted by atomic mass is 10.2. The van der Waals surface area contributed by atoms with E-state index in [2.05, 4.69) is 15.7 Å². The zero-order chi connectivity index (χ0) is 17.5. The number of amides is 2. The largest absolute Gasteiger partial charge is 0.383 e. The molecule has 0 fully saturated rings. The number of ether oxygens (including phenoxy) is 1. The van der Waals surface area contributed by atoms with Crippen LogP contribution in [0.3, 0.4) is 0 Å². The first-order valence-corrected chi connectivity index (χ1v) is 8.99. The molecule has 0 radical (unpaired) electrons. The third-order valence-electron chi connectivity index (χ3n) is 3.82. The van der Waals surface area contributed by atoms with E-state index < -0.39 is 0 Å². The predicted molar refractivity (Wildman–Crippen MR) is 97.7 cm³/mol. The van der Waals surface area contributed by atoms with Gasteiger partial charge in [0.2, 0.25) is 0 Å². The number of urea groups is 1. The first kappa shape index (κ1) is 18.4. The molecule has 0 saturated carbocycles. The predicted octanol–water partition coefficient (Wildman–Crippen LogP) is 3.19. The van der Waals surface area contributed by atoms with Crippen molar-refractivity contribution in [3.8, 4) is 0 Å². The fraction of sp³-hybridized carbons (Fsp3) is 0.412. The summed E-state index contributed by atoms with van der Waals surface area (Å²) in [5.41, 5.74) is 3.83. The molecular weight excluding hydrogens is 324 g/mol. The van der Waals surface area contributed by atoms with Crippen LogP contribution in [0.2, 0.25) is 0 Å². The average molecular weight is 348 g/mol. The molecule has 7 heteroatoms. The quantitative estimate of drug-likeness (QED) is 0.754. The molecule has 1 aromatic heterocycles. The number of anilines is 1. The zero-order valence-corrected chi connectivity index (χ0v) is 15.4. The summed E-state index contributed by atoms with van der Waals surface area (Å²) >= 11 is 1.60. The number of thioether (sulfide) groups is 1. The summed E-state index contributed by atoms with van der Waals surface area (Å²) in [7, 11) is 1.67. The third kappa shape index (κ3) is 4.52. The van der Waals surface area contributed by atoms with Gasteiger partial charge in [-0.2, -0.15) is 5.10 Å². The highest BCUT2D eigenvalue weighted by molar-refractivity contribution is 7.98. The van der Waals surface area contributed by atoms with E-state index in [0.29, 0.717) is 19.7 Å². The maximum absolute atomic E-state index is 12.2. The smallest absolute Gasteiger partial charge is 0.319 e. The molecule has 2 N–H and O–H groups in total. The molecule has 6 nitrogen and oxygen atoms in total. The number of nitrogens with one attached hydrogen (secondary N) is 2. The van der Waals surface area contributed by atoms with Gasteiger partial charge in [0.1, 0.15) is 0 Å². The Morgan fingerprint density at radius 3 is 2.79 bits per heavy atom. The molecule has 2 aromatic rings. The highest BCUT2D eigenvalue weighted by atomic mass is 32.2. The fourth-order valence-electron chi connectivity index (χ4n) is 2.47. The number of hydrogen-bond donors (Lipinski definition) is 2. The minimum Gasteiger partial charge on any atom is -0.383 e. The third-order valence-corrected chi connectivity index (χ3v) is 4.62. The van der Waals surface area contributed by atoms with E-state index in [1.165, 1.54) is 0 Å². The Labute approximate surface area is 147 Å². The molecule has 2 amide bonds. The number of carbonyl (C=O) groups excluding carboxylic acids is 1. The second-order valence-electron chi connectivity index (χ2n) is 5.37. The average Bonchev–Trinajstić information content (AvgIpc) is 2.85. The van der Waals surface area contributed by atoms with Gasteiger partial charge >= 0.3 is 6.03 Å². The molecule has 0 saturated heterocycles. The number of methoxy groups -OCH3 is 1. The van der Waals surface area contributed by atoms with Crippen molar-refractivity contribution >= 4 is 23.5 Å². The summed E-state index contributed by atoms with van der Waals surface area (Å²) in [5, 5.41) is 10.3. The summed E-state index contributed by atoms with van der Waals surface area (Å²) in [4.78, 5) is 13.2. The SMILES string of the molecule is COCCn1nc(C)c(CNC(=O)Nc2ccccc2SC)c1C. The molecule has 2 rings (SSSR count). The van der Waals surface area contributed by atoms with Crippen molar-refractivity contribution in [2.45, 2.75) is 31.8 Å². The molecule has 0 aliphatic carbocycles. The number of hydrogen-bond acceptors (Lipinski definition) is 4. The molecule has 0 aliphatic heterocycles. The monoisotopic (exact) mass is 348 g/mol. The summed E-state index contributed by atoms with van der Waals surface area (Å²) in [6, 6.07) is 7.51. The highest BCUT2D eigenvalue weighted by Gasteiger charge is 2.13. The van der Waals surface area contributed by atoms with Crippen molar-refractivity contribution in [2.75, 3.05) is 25.3 Å². The second-order valence-corrected chi connectivity index (χ2v) is 6.22. The molecule has 0 bridgehead atoms. The van der Waals surface area contributed by atoms with Crippen molar-refractivity contribution in [2.24, 2.45) is 0 Å². The lowest BCUT2D eigenvalue weighted by Crippen LogP contribution is -2.28. The van der Waals surface area contributed by atoms with Gasteiger partial charge in [0.05, 0.1) is 24.5 Å². The second kappa shape index (κ2) is 8.75. The number of aromatic nitrogens is 2. The van der Waals surface area contributed by atoms with Crippen LogP contribution in [-0.4, -0.2) is 35.8 Å². The fourth-order valence-corrected chi connectivity index (χ4v) is 3.02. The summed E-state index contributed by atoms with van der Waals surface area (Å²) in [6.07, 6.45) is 1.99. The standard InChI is InChI=1S/C17H24N4O2S/c1-12-14(13(2)21(20-12)9-10-23-3)11-18-17(22)19-15-7-5-6-8-16(15)24-4/h5-8H,9-11H2,1-4H3,(H2,18,19,22). The van der Waals surface area contributed by atoms with Crippen LogP contribution >= 0.6 is 11.8 Å². The maximum atomic E-state index is 12.2. The van der Waals surface area contributed by atoms with E-state index in [1.807, 2.05) is 49.1 Å². The maximum Gasteiger partial charge on any atom is 0.319 e. The van der Waals surface area contributed by atoms with Crippen LogP contribution in [0.1, 0.15) is 17.0 Å².